The zero-order valence-electron chi connectivity index (χ0n) is 15.8. The fourth-order valence-electron chi connectivity index (χ4n) is 4.41. The molecule has 0 amide bonds. The number of nitrogens with zero attached hydrogens (tertiary/aromatic N) is 2. The van der Waals surface area contributed by atoms with Crippen molar-refractivity contribution in [1.29, 1.82) is 0 Å². The average Bonchev–Trinajstić information content (AvgIpc) is 3.40. The zero-order valence-corrected chi connectivity index (χ0v) is 16.6. The van der Waals surface area contributed by atoms with Crippen molar-refractivity contribution in [2.45, 2.75) is 18.6 Å². The number of nitrogens with one attached hydrogen (secondary N) is 2. The van der Waals surface area contributed by atoms with Gasteiger partial charge in [0.05, 0.1) is 35.8 Å². The third-order valence-electron chi connectivity index (χ3n) is 5.65. The Morgan fingerprint density at radius 1 is 1.32 bits per heavy atom. The van der Waals surface area contributed by atoms with Crippen molar-refractivity contribution in [3.63, 3.8) is 0 Å². The van der Waals surface area contributed by atoms with Crippen LogP contribution in [0.25, 0.3) is 22.0 Å². The number of benzene rings is 1. The molecule has 3 unspecified atom stereocenters. The molecule has 8 heteroatoms. The van der Waals surface area contributed by atoms with Crippen molar-refractivity contribution in [2.24, 2.45) is 7.05 Å². The van der Waals surface area contributed by atoms with Crippen LogP contribution in [0.5, 0.6) is 0 Å². The topological polar surface area (TPSA) is 85.3 Å². The van der Waals surface area contributed by atoms with Crippen LogP contribution in [0, 0.1) is 0 Å². The summed E-state index contributed by atoms with van der Waals surface area (Å²) in [4.78, 5) is 18.0. The lowest BCUT2D eigenvalue weighted by atomic mass is 10.00. The number of hydrogen-bond donors (Lipinski definition) is 2. The van der Waals surface area contributed by atoms with Crippen LogP contribution in [0.4, 0.5) is 11.4 Å². The molecule has 0 aliphatic carbocycles. The van der Waals surface area contributed by atoms with E-state index in [4.69, 9.17) is 4.74 Å². The van der Waals surface area contributed by atoms with E-state index >= 15 is 0 Å². The molecule has 0 spiro atoms. The van der Waals surface area contributed by atoms with Crippen LogP contribution in [-0.2, 0) is 23.1 Å². The average molecular weight is 398 g/mol. The number of fused-ring (bicyclic) bond motifs is 3. The van der Waals surface area contributed by atoms with Crippen molar-refractivity contribution < 1.29 is 9.29 Å². The smallest absolute Gasteiger partial charge is 0.274 e. The van der Waals surface area contributed by atoms with Gasteiger partial charge in [0.15, 0.2) is 0 Å². The Balaban J connectivity index is 1.72. The van der Waals surface area contributed by atoms with E-state index in [-0.39, 0.29) is 11.7 Å². The third kappa shape index (κ3) is 2.80. The van der Waals surface area contributed by atoms with Gasteiger partial charge in [0.25, 0.3) is 5.56 Å². The number of anilines is 2. The molecule has 2 aromatic heterocycles. The molecule has 1 aromatic carbocycles. The number of pyridine rings is 1. The fraction of sp³-hybridized carbons (Fsp3) is 0.350. The van der Waals surface area contributed by atoms with Crippen LogP contribution in [0.2, 0.25) is 0 Å². The Morgan fingerprint density at radius 3 is 2.89 bits per heavy atom. The molecular formula is C20H22N4O3S. The van der Waals surface area contributed by atoms with Gasteiger partial charge in [-0.2, -0.15) is 0 Å². The monoisotopic (exact) mass is 398 g/mol. The van der Waals surface area contributed by atoms with Crippen LogP contribution in [-0.4, -0.2) is 45.7 Å². The molecule has 2 saturated heterocycles. The lowest BCUT2D eigenvalue weighted by molar-refractivity contribution is 0.0992. The Kier molecular flexibility index (Phi) is 4.15. The number of aromatic amines is 1. The summed E-state index contributed by atoms with van der Waals surface area (Å²) in [5, 5.41) is 0.889. The molecule has 0 saturated carbocycles. The molecule has 2 bridgehead atoms. The van der Waals surface area contributed by atoms with Crippen LogP contribution in [0.1, 0.15) is 6.42 Å². The van der Waals surface area contributed by atoms with Crippen molar-refractivity contribution in [1.82, 2.24) is 9.55 Å². The molecular weight excluding hydrogens is 376 g/mol. The van der Waals surface area contributed by atoms with Crippen LogP contribution in [0.15, 0.2) is 41.5 Å². The second-order valence-electron chi connectivity index (χ2n) is 7.51. The van der Waals surface area contributed by atoms with Gasteiger partial charge < -0.3 is 23.7 Å². The normalized spacial score (nSPS) is 22.2. The first-order valence-corrected chi connectivity index (χ1v) is 10.9. The Bertz CT molecular complexity index is 1110. The third-order valence-corrected chi connectivity index (χ3v) is 6.18. The van der Waals surface area contributed by atoms with E-state index in [1.165, 1.54) is 0 Å². The van der Waals surface area contributed by atoms with E-state index in [2.05, 4.69) is 20.7 Å². The van der Waals surface area contributed by atoms with Gasteiger partial charge in [-0.1, -0.05) is 0 Å². The van der Waals surface area contributed by atoms with E-state index in [9.17, 15) is 9.35 Å². The summed E-state index contributed by atoms with van der Waals surface area (Å²) in [6.07, 6.45) is 6.62. The number of ether oxygens (including phenoxy) is 1. The first-order chi connectivity index (χ1) is 13.5. The number of rotatable bonds is 4. The maximum atomic E-state index is 12.5. The van der Waals surface area contributed by atoms with E-state index in [1.807, 2.05) is 24.4 Å². The van der Waals surface area contributed by atoms with Crippen LogP contribution < -0.4 is 15.2 Å². The molecule has 4 heterocycles. The summed E-state index contributed by atoms with van der Waals surface area (Å²) in [7, 11) is 1.76. The largest absolute Gasteiger partial charge is 0.593 e. The van der Waals surface area contributed by atoms with Gasteiger partial charge in [-0.25, -0.2) is 4.72 Å². The van der Waals surface area contributed by atoms with E-state index in [0.717, 1.165) is 47.5 Å². The molecule has 5 rings (SSSR count). The maximum absolute atomic E-state index is 12.5. The van der Waals surface area contributed by atoms with Gasteiger partial charge in [-0.05, 0) is 30.7 Å². The molecule has 7 nitrogen and oxygen atoms in total. The molecule has 2 N–H and O–H groups in total. The lowest BCUT2D eigenvalue weighted by Gasteiger charge is -2.31. The predicted octanol–water partition coefficient (Wildman–Crippen LogP) is 2.22. The van der Waals surface area contributed by atoms with Gasteiger partial charge in [-0.3, -0.25) is 4.79 Å². The Labute approximate surface area is 165 Å². The summed E-state index contributed by atoms with van der Waals surface area (Å²) in [5.74, 6) is 0. The van der Waals surface area contributed by atoms with Crippen LogP contribution >= 0.6 is 0 Å². The highest BCUT2D eigenvalue weighted by Crippen LogP contribution is 2.41. The number of morpholine rings is 1. The molecule has 2 aliphatic heterocycles. The summed E-state index contributed by atoms with van der Waals surface area (Å²) >= 11 is -1.16. The van der Waals surface area contributed by atoms with Gasteiger partial charge in [0.1, 0.15) is 11.8 Å². The first-order valence-electron chi connectivity index (χ1n) is 9.30. The van der Waals surface area contributed by atoms with Gasteiger partial charge >= 0.3 is 0 Å². The minimum Gasteiger partial charge on any atom is -0.593 e. The molecule has 146 valence electrons. The number of H-pyrrole nitrogens is 1. The molecule has 2 aliphatic rings. The Morgan fingerprint density at radius 2 is 2.18 bits per heavy atom. The molecule has 0 radical (unpaired) electrons. The Hall–Kier alpha value is -2.42. The predicted molar refractivity (Wildman–Crippen MR) is 112 cm³/mol. The van der Waals surface area contributed by atoms with E-state index in [0.29, 0.717) is 11.6 Å². The summed E-state index contributed by atoms with van der Waals surface area (Å²) in [6, 6.07) is 8.37. The van der Waals surface area contributed by atoms with Gasteiger partial charge in [0, 0.05) is 48.2 Å². The SMILES string of the molecule is Cn1cc(-c2cc(N[S+](C)[O-])ccc2N2CC3CC2CO3)c2cc[nH]c2c1=O. The highest BCUT2D eigenvalue weighted by Gasteiger charge is 2.40. The number of aromatic nitrogens is 2. The molecule has 3 aromatic rings. The minimum atomic E-state index is -1.16. The quantitative estimate of drug-likeness (QED) is 0.658. The lowest BCUT2D eigenvalue weighted by Crippen LogP contribution is -2.37. The summed E-state index contributed by atoms with van der Waals surface area (Å²) in [5.41, 5.74) is 4.44. The fourth-order valence-corrected chi connectivity index (χ4v) is 4.87. The van der Waals surface area contributed by atoms with Crippen molar-refractivity contribution in [3.05, 3.63) is 47.0 Å². The molecule has 3 atom stereocenters. The van der Waals surface area contributed by atoms with Crippen LogP contribution in [0.3, 0.4) is 0 Å². The second-order valence-corrected chi connectivity index (χ2v) is 8.62. The number of hydrogen-bond acceptors (Lipinski definition) is 5. The van der Waals surface area contributed by atoms with Crippen molar-refractivity contribution >= 4 is 33.6 Å². The van der Waals surface area contributed by atoms with Crippen molar-refractivity contribution in [2.75, 3.05) is 29.0 Å². The number of aryl methyl sites for hydroxylation is 1. The minimum absolute atomic E-state index is 0.0529. The summed E-state index contributed by atoms with van der Waals surface area (Å²) in [6.45, 7) is 1.61. The highest BCUT2D eigenvalue weighted by atomic mass is 32.2. The van der Waals surface area contributed by atoms with Gasteiger partial charge in [0.2, 0.25) is 0 Å². The van der Waals surface area contributed by atoms with E-state index in [1.54, 1.807) is 24.1 Å². The first kappa shape index (κ1) is 17.7. The van der Waals surface area contributed by atoms with Gasteiger partial charge in [-0.15, -0.1) is 0 Å². The maximum Gasteiger partial charge on any atom is 0.274 e. The van der Waals surface area contributed by atoms with Crippen molar-refractivity contribution in [3.8, 4) is 11.1 Å². The molecule has 28 heavy (non-hydrogen) atoms. The zero-order chi connectivity index (χ0) is 19.4. The standard InChI is InChI=1S/C20H22N4O3S/c1-23-10-17(15-5-6-21-19(15)20(23)25)16-7-12(22-28(2)26)3-4-18(16)24-9-14-8-13(24)11-27-14/h3-7,10,13-14,21-22H,8-9,11H2,1-2H3. The molecule has 2 fully saturated rings. The highest BCUT2D eigenvalue weighted by molar-refractivity contribution is 7.92. The summed E-state index contributed by atoms with van der Waals surface area (Å²) < 4.78 is 22.1. The second kappa shape index (κ2) is 6.58. The van der Waals surface area contributed by atoms with E-state index < -0.39 is 11.4 Å².